The SMILES string of the molecule is CC(=O)OC(C)C(=O)Nc1cc2c(cc1F)CC(=O)N2.CCN(CC)CCN1CCCc2[nH]c(/C=C3\C(=O)Nc4cc(NC(=O)[C@H](C)O)c(F)cc43)c(C)c2C1=O.CCN(CC)CCN1CCCc2[nH]c(/C=C3\C(=O)Nc4cc(NC(=O)[C@H](C)O)c(F)cc43)c(C)c2C1=O.C[C@H](O)C(=O)Nc1cc2c(cc1F)CC(=O)N2.Nc1cc2c(cc1F)CC(=O)N2. The second kappa shape index (κ2) is 40.1. The number of esters is 1. The number of nitrogens with two attached hydrogens (primary N) is 1. The number of likely N-dealkylation sites (N-methyl/N-ethyl adjacent to an activating group) is 2. The normalized spacial score (nSPS) is 16.1. The molecule has 0 aliphatic carbocycles. The van der Waals surface area contributed by atoms with Crippen LogP contribution in [0.25, 0.3) is 23.3 Å². The number of carbonyl (C=O) groups is 12. The summed E-state index contributed by atoms with van der Waals surface area (Å²) in [6, 6.07) is 12.8. The third-order valence-electron chi connectivity index (χ3n) is 21.3. The van der Waals surface area contributed by atoms with E-state index in [0.29, 0.717) is 105 Å². The second-order valence-corrected chi connectivity index (χ2v) is 30.1. The molecule has 9 heterocycles. The maximum absolute atomic E-state index is 14.8. The molecule has 14 rings (SSSR count). The summed E-state index contributed by atoms with van der Waals surface area (Å²) in [5.41, 5.74) is 16.0. The van der Waals surface area contributed by atoms with E-state index in [9.17, 15) is 89.7 Å². The molecule has 123 heavy (non-hydrogen) atoms. The monoisotopic (exact) mass is 1710 g/mol. The maximum atomic E-state index is 14.8. The van der Waals surface area contributed by atoms with Gasteiger partial charge in [0.2, 0.25) is 17.7 Å². The number of aliphatic hydroxyl groups is 3. The zero-order valence-electron chi connectivity index (χ0n) is 69.7. The predicted octanol–water partition coefficient (Wildman–Crippen LogP) is 8.76. The van der Waals surface area contributed by atoms with Gasteiger partial charge in [0.25, 0.3) is 47.3 Å². The van der Waals surface area contributed by atoms with E-state index in [2.05, 4.69) is 95.3 Å². The molecule has 11 amide bonds. The molecule has 16 N–H and O–H groups in total. The van der Waals surface area contributed by atoms with Crippen LogP contribution in [0.3, 0.4) is 0 Å². The Morgan fingerprint density at radius 1 is 0.480 bits per heavy atom. The minimum absolute atomic E-state index is 0.0149. The van der Waals surface area contributed by atoms with Crippen LogP contribution in [0.5, 0.6) is 0 Å². The van der Waals surface area contributed by atoms with Gasteiger partial charge in [0.1, 0.15) is 47.4 Å². The number of fused-ring (bicyclic) bond motifs is 7. The van der Waals surface area contributed by atoms with Gasteiger partial charge in [0, 0.05) is 97.2 Å². The highest BCUT2D eigenvalue weighted by Crippen LogP contribution is 2.41. The smallest absolute Gasteiger partial charge is 0.303 e. The number of rotatable bonds is 21. The third kappa shape index (κ3) is 22.2. The molecule has 0 spiro atoms. The number of carbonyl (C=O) groups excluding carboxylic acids is 12. The van der Waals surface area contributed by atoms with Gasteiger partial charge in [-0.1, -0.05) is 27.7 Å². The Labute approximate surface area is 704 Å². The van der Waals surface area contributed by atoms with E-state index < -0.39 is 94.9 Å². The van der Waals surface area contributed by atoms with Crippen molar-refractivity contribution in [3.63, 3.8) is 0 Å². The highest BCUT2D eigenvalue weighted by Gasteiger charge is 2.35. The fraction of sp³-hybridized carbons (Fsp3) is 0.372. The number of hydrogen-bond acceptors (Lipinski definition) is 19. The van der Waals surface area contributed by atoms with E-state index in [1.165, 1.54) is 95.3 Å². The maximum Gasteiger partial charge on any atom is 0.303 e. The number of nitrogens with zero attached hydrogens (tertiary/aromatic N) is 4. The minimum Gasteiger partial charge on any atom is -0.453 e. The van der Waals surface area contributed by atoms with E-state index in [0.717, 1.165) is 87.5 Å². The Kier molecular flexibility index (Phi) is 30.1. The minimum atomic E-state index is -1.31. The summed E-state index contributed by atoms with van der Waals surface area (Å²) in [5.74, 6) is -8.07. The molecule has 0 radical (unpaired) electrons. The molecule has 2 aromatic heterocycles. The Morgan fingerprint density at radius 2 is 0.805 bits per heavy atom. The van der Waals surface area contributed by atoms with Gasteiger partial charge in [-0.3, -0.25) is 57.5 Å². The quantitative estimate of drug-likeness (QED) is 0.0138. The lowest BCUT2D eigenvalue weighted by Crippen LogP contribution is -2.38. The number of aryl methyl sites for hydroxylation is 2. The van der Waals surface area contributed by atoms with Crippen molar-refractivity contribution in [2.45, 2.75) is 146 Å². The van der Waals surface area contributed by atoms with Gasteiger partial charge in [-0.05, 0) is 194 Å². The van der Waals surface area contributed by atoms with Gasteiger partial charge >= 0.3 is 5.97 Å². The van der Waals surface area contributed by atoms with Gasteiger partial charge in [-0.25, -0.2) is 22.0 Å². The summed E-state index contributed by atoms with van der Waals surface area (Å²) in [4.78, 5) is 158. The molecule has 4 atom stereocenters. The number of anilines is 10. The number of benzene rings is 5. The van der Waals surface area contributed by atoms with Gasteiger partial charge < -0.3 is 103 Å². The van der Waals surface area contributed by atoms with Crippen LogP contribution in [0.4, 0.5) is 78.8 Å². The number of halogens is 5. The second-order valence-electron chi connectivity index (χ2n) is 30.1. The number of amides is 11. The van der Waals surface area contributed by atoms with E-state index in [1.54, 1.807) is 12.2 Å². The lowest BCUT2D eigenvalue weighted by Gasteiger charge is -2.25. The topological polar surface area (TPSA) is 454 Å². The standard InChI is InChI=1S/2C27H34FN5O4.C13H13FN2O4.C11H11FN2O3.C8H7FN2O/c2*1-5-32(6-2)10-11-33-9-7-8-20-24(27(33)37)15(3)21(29-20)13-18-17-12-19(28)23(31-25(35)16(4)34)14-22(17)30-26(18)36;1-6(20-7(2)17)13(19)16-11-5-10-8(3-9(11)14)4-12(18)15-10;1-5(15)11(17)14-9-4-8-6(2-7(9)12)3-10(16)13-8;9-5-1-4-2-8(12)11-7(4)3-6(5)10/h2*12-14,16,29,34H,5-11H2,1-4H3,(H,30,36)(H,31,35);3,5-6H,4H2,1-2H3,(H,15,18)(H,16,19);2,4-5,15H,3H2,1H3,(H,13,16)(H,14,17);1,3H,2,10H2,(H,11,12)/b2*18-13-;;;/t2*16-;;5-;/m00.0./s1. The Balaban J connectivity index is 0.000000171. The van der Waals surface area contributed by atoms with Crippen molar-refractivity contribution < 1.29 is 99.5 Å². The molecular weight excluding hydrogens is 1610 g/mol. The first-order valence-electron chi connectivity index (χ1n) is 40.1. The highest BCUT2D eigenvalue weighted by atomic mass is 19.1. The average Bonchev–Trinajstić information content (AvgIpc) is 1.62. The number of H-pyrrole nitrogens is 2. The molecule has 654 valence electrons. The first kappa shape index (κ1) is 92.3. The van der Waals surface area contributed by atoms with Crippen LogP contribution in [0.1, 0.15) is 158 Å². The lowest BCUT2D eigenvalue weighted by molar-refractivity contribution is -0.150. The van der Waals surface area contributed by atoms with Crippen molar-refractivity contribution in [1.82, 2.24) is 29.6 Å². The molecule has 7 aromatic rings. The predicted molar refractivity (Wildman–Crippen MR) is 452 cm³/mol. The highest BCUT2D eigenvalue weighted by molar-refractivity contribution is 6.36. The third-order valence-corrected chi connectivity index (χ3v) is 21.3. The summed E-state index contributed by atoms with van der Waals surface area (Å²) in [5, 5.41) is 50.1. The number of aromatic amines is 2. The first-order valence-corrected chi connectivity index (χ1v) is 40.1. The molecule has 37 heteroatoms. The van der Waals surface area contributed by atoms with Crippen molar-refractivity contribution in [1.29, 1.82) is 0 Å². The number of ether oxygens (including phenoxy) is 1. The Hall–Kier alpha value is -13.0. The van der Waals surface area contributed by atoms with Crippen LogP contribution in [0, 0.1) is 42.9 Å². The molecule has 0 saturated carbocycles. The first-order chi connectivity index (χ1) is 58.3. The molecule has 0 saturated heterocycles. The molecule has 1 unspecified atom stereocenters. The zero-order chi connectivity index (χ0) is 89.9. The van der Waals surface area contributed by atoms with E-state index in [1.807, 2.05) is 23.6 Å². The summed E-state index contributed by atoms with van der Waals surface area (Å²) in [6.45, 7) is 26.6. The van der Waals surface area contributed by atoms with Crippen molar-refractivity contribution in [3.05, 3.63) is 163 Å². The van der Waals surface area contributed by atoms with E-state index >= 15 is 0 Å². The molecule has 0 bridgehead atoms. The summed E-state index contributed by atoms with van der Waals surface area (Å²) in [7, 11) is 0. The largest absolute Gasteiger partial charge is 0.453 e. The van der Waals surface area contributed by atoms with Crippen LogP contribution < -0.4 is 53.6 Å². The summed E-state index contributed by atoms with van der Waals surface area (Å²) in [6.07, 6.45) is 2.02. The number of nitrogens with one attached hydrogen (secondary N) is 11. The molecule has 5 aromatic carbocycles. The molecule has 7 aliphatic heterocycles. The number of hydrogen-bond donors (Lipinski definition) is 15. The van der Waals surface area contributed by atoms with Crippen molar-refractivity contribution >= 4 is 151 Å². The van der Waals surface area contributed by atoms with Crippen LogP contribution in [0.15, 0.2) is 60.7 Å². The van der Waals surface area contributed by atoms with Crippen molar-refractivity contribution in [3.8, 4) is 0 Å². The van der Waals surface area contributed by atoms with Crippen molar-refractivity contribution in [2.75, 3.05) is 119 Å². The van der Waals surface area contributed by atoms with Gasteiger partial charge in [0.15, 0.2) is 6.10 Å². The van der Waals surface area contributed by atoms with Gasteiger partial charge in [0.05, 0.1) is 81.3 Å². The van der Waals surface area contributed by atoms with Crippen LogP contribution in [-0.2, 0) is 84.8 Å². The van der Waals surface area contributed by atoms with Crippen LogP contribution in [-0.4, -0.2) is 206 Å². The van der Waals surface area contributed by atoms with Crippen molar-refractivity contribution in [2.24, 2.45) is 0 Å². The fourth-order valence-corrected chi connectivity index (χ4v) is 14.4. The van der Waals surface area contributed by atoms with E-state index in [-0.39, 0.29) is 88.4 Å². The Morgan fingerprint density at radius 3 is 1.15 bits per heavy atom. The Bertz CT molecular complexity index is 5210. The average molecular weight is 1710 g/mol. The van der Waals surface area contributed by atoms with Crippen LogP contribution >= 0.6 is 0 Å². The number of aliphatic hydroxyl groups excluding tert-OH is 3. The lowest BCUT2D eigenvalue weighted by atomic mass is 10.0. The summed E-state index contributed by atoms with van der Waals surface area (Å²) >= 11 is 0. The zero-order valence-corrected chi connectivity index (χ0v) is 69.7. The molecule has 7 aliphatic rings. The number of aromatic nitrogens is 2. The molecule has 32 nitrogen and oxygen atoms in total. The van der Waals surface area contributed by atoms with Gasteiger partial charge in [-0.15, -0.1) is 0 Å². The fourth-order valence-electron chi connectivity index (χ4n) is 14.4. The van der Waals surface area contributed by atoms with Gasteiger partial charge in [-0.2, -0.15) is 0 Å². The van der Waals surface area contributed by atoms with Crippen LogP contribution in [0.2, 0.25) is 0 Å². The molecule has 0 fully saturated rings. The number of nitrogen functional groups attached to an aromatic ring is 1. The summed E-state index contributed by atoms with van der Waals surface area (Å²) < 4.78 is 74.4. The molecular formula is C86H99F5N16O16. The van der Waals surface area contributed by atoms with E-state index in [4.69, 9.17) is 15.6 Å².